The molecule has 1 heterocycles. The number of nitrogens with zero attached hydrogens (tertiary/aromatic N) is 1. The molecule has 20 heavy (non-hydrogen) atoms. The van der Waals surface area contributed by atoms with Crippen LogP contribution < -0.4 is 10.1 Å². The fraction of sp³-hybridized carbons (Fsp3) is 0.267. The predicted molar refractivity (Wildman–Crippen MR) is 85.1 cm³/mol. The molecule has 0 saturated carbocycles. The lowest BCUT2D eigenvalue weighted by Gasteiger charge is -2.09. The Morgan fingerprint density at radius 3 is 2.85 bits per heavy atom. The second kappa shape index (κ2) is 7.62. The summed E-state index contributed by atoms with van der Waals surface area (Å²) in [4.78, 5) is 4.54. The van der Waals surface area contributed by atoms with Gasteiger partial charge in [-0.2, -0.15) is 0 Å². The third-order valence-electron chi connectivity index (χ3n) is 2.69. The first-order valence-electron chi connectivity index (χ1n) is 6.42. The van der Waals surface area contributed by atoms with E-state index in [4.69, 9.17) is 16.3 Å². The van der Waals surface area contributed by atoms with Crippen LogP contribution in [0.4, 0.5) is 0 Å². The summed E-state index contributed by atoms with van der Waals surface area (Å²) in [5, 5.41) is 3.85. The van der Waals surface area contributed by atoms with E-state index in [1.54, 1.807) is 6.07 Å². The summed E-state index contributed by atoms with van der Waals surface area (Å²) in [6.45, 7) is 4.16. The molecule has 0 saturated heterocycles. The zero-order valence-corrected chi connectivity index (χ0v) is 13.5. The third-order valence-corrected chi connectivity index (χ3v) is 3.49. The van der Waals surface area contributed by atoms with Crippen molar-refractivity contribution in [3.8, 4) is 5.75 Å². The summed E-state index contributed by atoms with van der Waals surface area (Å²) < 4.78 is 6.65. The lowest BCUT2D eigenvalue weighted by atomic mass is 10.3. The van der Waals surface area contributed by atoms with Gasteiger partial charge in [0.25, 0.3) is 0 Å². The summed E-state index contributed by atoms with van der Waals surface area (Å²) in [5.41, 5.74) is 1.89. The van der Waals surface area contributed by atoms with Crippen LogP contribution in [0.2, 0.25) is 5.02 Å². The van der Waals surface area contributed by atoms with Crippen molar-refractivity contribution in [1.82, 2.24) is 10.3 Å². The Hall–Kier alpha value is -1.10. The van der Waals surface area contributed by atoms with Crippen molar-refractivity contribution < 1.29 is 4.74 Å². The van der Waals surface area contributed by atoms with E-state index in [-0.39, 0.29) is 0 Å². The Labute approximate surface area is 132 Å². The number of aromatic nitrogens is 1. The number of pyridine rings is 1. The molecule has 0 amide bonds. The average molecular weight is 356 g/mol. The largest absolute Gasteiger partial charge is 0.486 e. The zero-order chi connectivity index (χ0) is 14.4. The zero-order valence-electron chi connectivity index (χ0n) is 11.2. The lowest BCUT2D eigenvalue weighted by Crippen LogP contribution is -2.13. The van der Waals surface area contributed by atoms with Crippen LogP contribution in [0.5, 0.6) is 5.75 Å². The van der Waals surface area contributed by atoms with Crippen LogP contribution in [0, 0.1) is 0 Å². The quantitative estimate of drug-likeness (QED) is 0.844. The van der Waals surface area contributed by atoms with Crippen LogP contribution in [0.25, 0.3) is 0 Å². The predicted octanol–water partition coefficient (Wildman–Crippen LogP) is 4.19. The van der Waals surface area contributed by atoms with Crippen LogP contribution >= 0.6 is 27.5 Å². The van der Waals surface area contributed by atoms with Crippen molar-refractivity contribution in [2.75, 3.05) is 6.54 Å². The molecule has 0 atom stereocenters. The molecule has 0 aliphatic carbocycles. The van der Waals surface area contributed by atoms with Gasteiger partial charge in [0.1, 0.15) is 12.4 Å². The van der Waals surface area contributed by atoms with Gasteiger partial charge in [-0.3, -0.25) is 4.98 Å². The number of nitrogens with one attached hydrogen (secondary N) is 1. The number of halogens is 2. The summed E-state index contributed by atoms with van der Waals surface area (Å²) in [7, 11) is 0. The van der Waals surface area contributed by atoms with Gasteiger partial charge < -0.3 is 10.1 Å². The molecule has 0 spiro atoms. The summed E-state index contributed by atoms with van der Waals surface area (Å²) in [6, 6.07) is 11.5. The number of hydrogen-bond donors (Lipinski definition) is 1. The van der Waals surface area contributed by atoms with Crippen molar-refractivity contribution in [2.24, 2.45) is 0 Å². The molecule has 0 bridgehead atoms. The lowest BCUT2D eigenvalue weighted by molar-refractivity contribution is 0.301. The van der Waals surface area contributed by atoms with E-state index in [9.17, 15) is 0 Å². The molecule has 0 aliphatic heterocycles. The van der Waals surface area contributed by atoms with Gasteiger partial charge in [-0.1, -0.05) is 40.5 Å². The highest BCUT2D eigenvalue weighted by Crippen LogP contribution is 2.28. The second-order valence-electron chi connectivity index (χ2n) is 4.26. The Morgan fingerprint density at radius 1 is 1.25 bits per heavy atom. The van der Waals surface area contributed by atoms with Crippen LogP contribution in [-0.2, 0) is 13.2 Å². The van der Waals surface area contributed by atoms with Crippen molar-refractivity contribution in [3.05, 3.63) is 57.3 Å². The highest BCUT2D eigenvalue weighted by atomic mass is 79.9. The van der Waals surface area contributed by atoms with Crippen molar-refractivity contribution in [3.63, 3.8) is 0 Å². The molecule has 2 aromatic rings. The van der Waals surface area contributed by atoms with Crippen LogP contribution in [0.3, 0.4) is 0 Å². The van der Waals surface area contributed by atoms with Crippen molar-refractivity contribution >= 4 is 27.5 Å². The highest BCUT2D eigenvalue weighted by Gasteiger charge is 2.04. The smallest absolute Gasteiger partial charge is 0.139 e. The standard InChI is InChI=1S/C15H16BrClN2O/c1-2-18-9-12-4-3-5-13(19-12)10-20-15-8-11(16)6-7-14(15)17/h3-8,18H,2,9-10H2,1H3. The Morgan fingerprint density at radius 2 is 2.05 bits per heavy atom. The molecule has 0 radical (unpaired) electrons. The van der Waals surface area contributed by atoms with Crippen molar-refractivity contribution in [1.29, 1.82) is 0 Å². The van der Waals surface area contributed by atoms with Gasteiger partial charge in [-0.15, -0.1) is 0 Å². The SMILES string of the molecule is CCNCc1cccc(COc2cc(Br)ccc2Cl)n1. The van der Waals surface area contributed by atoms with Gasteiger partial charge in [0.05, 0.1) is 16.4 Å². The van der Waals surface area contributed by atoms with Crippen LogP contribution in [0.1, 0.15) is 18.3 Å². The molecule has 1 aromatic heterocycles. The first-order chi connectivity index (χ1) is 9.69. The third kappa shape index (κ3) is 4.47. The van der Waals surface area contributed by atoms with Gasteiger partial charge in [-0.25, -0.2) is 0 Å². The first-order valence-corrected chi connectivity index (χ1v) is 7.59. The molecule has 0 aliphatic rings. The normalized spacial score (nSPS) is 10.6. The van der Waals surface area contributed by atoms with Gasteiger partial charge in [0.15, 0.2) is 0 Å². The minimum absolute atomic E-state index is 0.399. The maximum atomic E-state index is 6.09. The highest BCUT2D eigenvalue weighted by molar-refractivity contribution is 9.10. The monoisotopic (exact) mass is 354 g/mol. The topological polar surface area (TPSA) is 34.1 Å². The maximum absolute atomic E-state index is 6.09. The fourth-order valence-corrected chi connectivity index (χ4v) is 2.21. The molecule has 1 N–H and O–H groups in total. The molecule has 2 rings (SSSR count). The van der Waals surface area contributed by atoms with E-state index in [0.29, 0.717) is 17.4 Å². The average Bonchev–Trinajstić information content (AvgIpc) is 2.46. The molecular weight excluding hydrogens is 340 g/mol. The molecule has 0 fully saturated rings. The minimum Gasteiger partial charge on any atom is -0.486 e. The van der Waals surface area contributed by atoms with Gasteiger partial charge >= 0.3 is 0 Å². The van der Waals surface area contributed by atoms with Gasteiger partial charge in [-0.05, 0) is 36.9 Å². The molecule has 106 valence electrons. The van der Waals surface area contributed by atoms with Gasteiger partial charge in [0, 0.05) is 11.0 Å². The van der Waals surface area contributed by atoms with Gasteiger partial charge in [0.2, 0.25) is 0 Å². The van der Waals surface area contributed by atoms with Crippen LogP contribution in [-0.4, -0.2) is 11.5 Å². The number of rotatable bonds is 6. The first kappa shape index (κ1) is 15.3. The molecular formula is C15H16BrClN2O. The van der Waals surface area contributed by atoms with E-state index in [1.807, 2.05) is 30.3 Å². The molecule has 0 unspecified atom stereocenters. The molecule has 1 aromatic carbocycles. The fourth-order valence-electron chi connectivity index (χ4n) is 1.70. The van der Waals surface area contributed by atoms with E-state index >= 15 is 0 Å². The number of ether oxygens (including phenoxy) is 1. The summed E-state index contributed by atoms with van der Waals surface area (Å²) in [5.74, 6) is 0.653. The Kier molecular flexibility index (Phi) is 5.83. The summed E-state index contributed by atoms with van der Waals surface area (Å²) in [6.07, 6.45) is 0. The number of hydrogen-bond acceptors (Lipinski definition) is 3. The van der Waals surface area contributed by atoms with E-state index in [2.05, 4.69) is 33.2 Å². The van der Waals surface area contributed by atoms with E-state index in [0.717, 1.165) is 29.0 Å². The van der Waals surface area contributed by atoms with E-state index in [1.165, 1.54) is 0 Å². The Balaban J connectivity index is 2.01. The maximum Gasteiger partial charge on any atom is 0.139 e. The Bertz CT molecular complexity index is 578. The number of benzene rings is 1. The molecule has 5 heteroatoms. The van der Waals surface area contributed by atoms with Crippen molar-refractivity contribution in [2.45, 2.75) is 20.1 Å². The summed E-state index contributed by atoms with van der Waals surface area (Å²) >= 11 is 9.49. The minimum atomic E-state index is 0.399. The molecule has 3 nitrogen and oxygen atoms in total. The van der Waals surface area contributed by atoms with E-state index < -0.39 is 0 Å². The second-order valence-corrected chi connectivity index (χ2v) is 5.59. The van der Waals surface area contributed by atoms with Crippen LogP contribution in [0.15, 0.2) is 40.9 Å².